The van der Waals surface area contributed by atoms with Crippen molar-refractivity contribution in [2.75, 3.05) is 44.6 Å². The minimum atomic E-state index is -4.18. The fraction of sp³-hybridized carbons (Fsp3) is 0.520. The van der Waals surface area contributed by atoms with Gasteiger partial charge in [0.05, 0.1) is 12.6 Å². The Labute approximate surface area is 203 Å². The van der Waals surface area contributed by atoms with Crippen LogP contribution < -0.4 is 10.6 Å². The SMILES string of the molecule is O=C(NCC(O)CN1CCc2ccccc2C1)c1ccnc(NC2CCN(CC(F)(F)F)CC2)c1. The van der Waals surface area contributed by atoms with Crippen molar-refractivity contribution in [2.24, 2.45) is 0 Å². The minimum Gasteiger partial charge on any atom is -0.390 e. The van der Waals surface area contributed by atoms with Crippen molar-refractivity contribution >= 4 is 11.7 Å². The minimum absolute atomic E-state index is 0.00166. The lowest BCUT2D eigenvalue weighted by Gasteiger charge is -2.32. The number of piperidine rings is 1. The van der Waals surface area contributed by atoms with E-state index in [1.165, 1.54) is 22.2 Å². The highest BCUT2D eigenvalue weighted by atomic mass is 19.4. The summed E-state index contributed by atoms with van der Waals surface area (Å²) in [7, 11) is 0. The van der Waals surface area contributed by atoms with Crippen molar-refractivity contribution in [3.63, 3.8) is 0 Å². The number of hydrogen-bond acceptors (Lipinski definition) is 6. The van der Waals surface area contributed by atoms with E-state index in [0.717, 1.165) is 19.5 Å². The zero-order valence-electron chi connectivity index (χ0n) is 19.6. The maximum Gasteiger partial charge on any atom is 0.401 e. The second-order valence-corrected chi connectivity index (χ2v) is 9.36. The maximum atomic E-state index is 12.6. The van der Waals surface area contributed by atoms with Crippen LogP contribution in [0.5, 0.6) is 0 Å². The number of alkyl halides is 3. The Hall–Kier alpha value is -2.69. The smallest absolute Gasteiger partial charge is 0.390 e. The zero-order valence-corrected chi connectivity index (χ0v) is 19.6. The van der Waals surface area contributed by atoms with Crippen molar-refractivity contribution < 1.29 is 23.1 Å². The van der Waals surface area contributed by atoms with Gasteiger partial charge in [0.2, 0.25) is 0 Å². The van der Waals surface area contributed by atoms with Crippen LogP contribution in [0.1, 0.15) is 34.3 Å². The van der Waals surface area contributed by atoms with E-state index < -0.39 is 18.8 Å². The van der Waals surface area contributed by atoms with Crippen LogP contribution in [-0.4, -0.2) is 83.4 Å². The molecule has 0 radical (unpaired) electrons. The number of halogens is 3. The molecule has 1 aromatic heterocycles. The van der Waals surface area contributed by atoms with E-state index in [4.69, 9.17) is 0 Å². The number of aliphatic hydroxyl groups is 1. The second-order valence-electron chi connectivity index (χ2n) is 9.36. The molecular weight excluding hydrogens is 459 g/mol. The van der Waals surface area contributed by atoms with Gasteiger partial charge in [0.1, 0.15) is 5.82 Å². The molecule has 0 bridgehead atoms. The lowest BCUT2D eigenvalue weighted by atomic mass is 10.00. The van der Waals surface area contributed by atoms with Crippen LogP contribution in [0.3, 0.4) is 0 Å². The summed E-state index contributed by atoms with van der Waals surface area (Å²) in [5.41, 5.74) is 3.04. The van der Waals surface area contributed by atoms with E-state index in [9.17, 15) is 23.1 Å². The normalized spacial score (nSPS) is 18.6. The van der Waals surface area contributed by atoms with Gasteiger partial charge >= 0.3 is 6.18 Å². The number of aliphatic hydroxyl groups excluding tert-OH is 1. The number of benzene rings is 1. The fourth-order valence-electron chi connectivity index (χ4n) is 4.73. The number of β-amino-alcohol motifs (C(OH)–C–C–N with tert-alkyl or cyclic N) is 1. The van der Waals surface area contributed by atoms with Crippen molar-refractivity contribution in [3.05, 3.63) is 59.3 Å². The number of nitrogens with zero attached hydrogens (tertiary/aromatic N) is 3. The summed E-state index contributed by atoms with van der Waals surface area (Å²) in [6.07, 6.45) is -1.26. The molecule has 3 heterocycles. The molecule has 190 valence electrons. The van der Waals surface area contributed by atoms with Crippen molar-refractivity contribution in [1.29, 1.82) is 0 Å². The highest BCUT2D eigenvalue weighted by molar-refractivity contribution is 5.94. The largest absolute Gasteiger partial charge is 0.401 e. The molecule has 1 unspecified atom stereocenters. The Morgan fingerprint density at radius 3 is 2.60 bits per heavy atom. The Bertz CT molecular complexity index is 995. The third kappa shape index (κ3) is 7.65. The molecule has 1 fully saturated rings. The number of nitrogens with one attached hydrogen (secondary N) is 2. The first-order valence-electron chi connectivity index (χ1n) is 12.0. The highest BCUT2D eigenvalue weighted by Crippen LogP contribution is 2.22. The molecule has 1 aromatic carbocycles. The first-order chi connectivity index (χ1) is 16.7. The van der Waals surface area contributed by atoms with Gasteiger partial charge in [0, 0.05) is 57.1 Å². The summed E-state index contributed by atoms with van der Waals surface area (Å²) >= 11 is 0. The molecule has 7 nitrogen and oxygen atoms in total. The monoisotopic (exact) mass is 491 g/mol. The first-order valence-corrected chi connectivity index (χ1v) is 12.0. The van der Waals surface area contributed by atoms with Crippen LogP contribution in [0, 0.1) is 0 Å². The van der Waals surface area contributed by atoms with Crippen molar-refractivity contribution in [1.82, 2.24) is 20.1 Å². The summed E-state index contributed by atoms with van der Waals surface area (Å²) in [4.78, 5) is 20.5. The molecule has 2 aliphatic rings. The predicted molar refractivity (Wildman–Crippen MR) is 127 cm³/mol. The number of fused-ring (bicyclic) bond motifs is 1. The average Bonchev–Trinajstić information content (AvgIpc) is 2.83. The Kier molecular flexibility index (Phi) is 8.25. The van der Waals surface area contributed by atoms with Gasteiger partial charge in [-0.3, -0.25) is 14.6 Å². The van der Waals surface area contributed by atoms with Crippen LogP contribution in [0.25, 0.3) is 0 Å². The van der Waals surface area contributed by atoms with Gasteiger partial charge in [0.25, 0.3) is 5.91 Å². The zero-order chi connectivity index (χ0) is 24.8. The molecule has 0 spiro atoms. The number of rotatable bonds is 8. The maximum absolute atomic E-state index is 12.6. The van der Waals surface area contributed by atoms with Gasteiger partial charge in [-0.25, -0.2) is 4.98 Å². The van der Waals surface area contributed by atoms with E-state index in [2.05, 4.69) is 32.7 Å². The Morgan fingerprint density at radius 2 is 1.86 bits per heavy atom. The molecule has 3 N–H and O–H groups in total. The number of amides is 1. The van der Waals surface area contributed by atoms with Gasteiger partial charge < -0.3 is 15.7 Å². The standard InChI is InChI=1S/C25H32F3N5O2/c26-25(27,28)17-32-11-7-21(8-12-32)31-23-13-19(5-9-29-23)24(35)30-14-22(34)16-33-10-6-18-3-1-2-4-20(18)15-33/h1-5,9,13,21-22,34H,6-8,10-12,14-17H2,(H,29,31)(H,30,35). The summed E-state index contributed by atoms with van der Waals surface area (Å²) in [6.45, 7) is 2.11. The van der Waals surface area contributed by atoms with Gasteiger partial charge in [0.15, 0.2) is 0 Å². The van der Waals surface area contributed by atoms with Gasteiger partial charge in [-0.15, -0.1) is 0 Å². The van der Waals surface area contributed by atoms with Gasteiger partial charge in [-0.05, 0) is 42.5 Å². The molecule has 0 saturated carbocycles. The van der Waals surface area contributed by atoms with Crippen molar-refractivity contribution in [3.8, 4) is 0 Å². The summed E-state index contributed by atoms with van der Waals surface area (Å²) < 4.78 is 37.7. The lowest BCUT2D eigenvalue weighted by molar-refractivity contribution is -0.147. The Morgan fingerprint density at radius 1 is 1.11 bits per heavy atom. The van der Waals surface area contributed by atoms with E-state index in [-0.39, 0.29) is 18.5 Å². The fourth-order valence-corrected chi connectivity index (χ4v) is 4.73. The van der Waals surface area contributed by atoms with Gasteiger partial charge in [-0.2, -0.15) is 13.2 Å². The summed E-state index contributed by atoms with van der Waals surface area (Å²) in [5, 5.41) is 16.5. The highest BCUT2D eigenvalue weighted by Gasteiger charge is 2.32. The quantitative estimate of drug-likeness (QED) is 0.527. The number of hydrogen-bond donors (Lipinski definition) is 3. The third-order valence-electron chi connectivity index (χ3n) is 6.54. The molecule has 10 heteroatoms. The molecule has 1 saturated heterocycles. The predicted octanol–water partition coefficient (Wildman–Crippen LogP) is 2.67. The van der Waals surface area contributed by atoms with E-state index in [0.29, 0.717) is 43.9 Å². The number of likely N-dealkylation sites (tertiary alicyclic amines) is 1. The van der Waals surface area contributed by atoms with Crippen LogP contribution >= 0.6 is 0 Å². The lowest BCUT2D eigenvalue weighted by Crippen LogP contribution is -2.43. The van der Waals surface area contributed by atoms with E-state index in [1.54, 1.807) is 12.1 Å². The Balaban J connectivity index is 1.21. The summed E-state index contributed by atoms with van der Waals surface area (Å²) in [5.74, 6) is 0.206. The molecule has 35 heavy (non-hydrogen) atoms. The molecule has 2 aliphatic heterocycles. The second kappa shape index (κ2) is 11.4. The van der Waals surface area contributed by atoms with Gasteiger partial charge in [-0.1, -0.05) is 24.3 Å². The molecule has 1 amide bonds. The van der Waals surface area contributed by atoms with E-state index in [1.807, 2.05) is 12.1 Å². The van der Waals surface area contributed by atoms with E-state index >= 15 is 0 Å². The molecule has 0 aliphatic carbocycles. The van der Waals surface area contributed by atoms with Crippen LogP contribution in [0.4, 0.5) is 19.0 Å². The third-order valence-corrected chi connectivity index (χ3v) is 6.54. The topological polar surface area (TPSA) is 80.7 Å². The van der Waals surface area contributed by atoms with Crippen LogP contribution in [0.15, 0.2) is 42.6 Å². The van der Waals surface area contributed by atoms with Crippen LogP contribution in [-0.2, 0) is 13.0 Å². The number of carbonyl (C=O) groups is 1. The molecule has 4 rings (SSSR count). The summed E-state index contributed by atoms with van der Waals surface area (Å²) in [6, 6.07) is 11.5. The molecular formula is C25H32F3N5O2. The van der Waals surface area contributed by atoms with Crippen LogP contribution in [0.2, 0.25) is 0 Å². The van der Waals surface area contributed by atoms with Crippen molar-refractivity contribution in [2.45, 2.75) is 44.1 Å². The average molecular weight is 492 g/mol. The first kappa shape index (κ1) is 25.4. The number of pyridine rings is 1. The molecule has 1 atom stereocenters. The molecule has 2 aromatic rings. The number of aromatic nitrogens is 1. The number of anilines is 1. The number of carbonyl (C=O) groups excluding carboxylic acids is 1.